The monoisotopic (exact) mass is 503 g/mol. The molecule has 0 unspecified atom stereocenters. The first kappa shape index (κ1) is 22.3. The number of likely N-dealkylation sites (tertiary alicyclic amines) is 1. The van der Waals surface area contributed by atoms with Crippen LogP contribution in [0.5, 0.6) is 0 Å². The third-order valence-electron chi connectivity index (χ3n) is 4.77. The van der Waals surface area contributed by atoms with Gasteiger partial charge in [-0.15, -0.1) is 24.0 Å². The van der Waals surface area contributed by atoms with E-state index < -0.39 is 0 Å². The molecule has 1 aromatic carbocycles. The highest BCUT2D eigenvalue weighted by Crippen LogP contribution is 2.19. The fraction of sp³-hybridized carbons (Fsp3) is 0.474. The average Bonchev–Trinajstić information content (AvgIpc) is 3.05. The Hall–Kier alpha value is -2.04. The van der Waals surface area contributed by atoms with Gasteiger partial charge < -0.3 is 25.7 Å². The standard InChI is InChI=1S/C19H26FN5O2.HI/c1-2-27-19(26)25-9-6-15(7-10-25)24-18(21)22-8-5-13-12-23-17-4-3-14(20)11-16(13)17;/h3-4,11-12,15,23H,2,5-10H2,1H3,(H3,21,22,24);1H. The number of piperidine rings is 1. The lowest BCUT2D eigenvalue weighted by molar-refractivity contribution is 0.0963. The SMILES string of the molecule is CCOC(=O)N1CCC(NC(N)=NCCc2c[nH]c3ccc(F)cc23)CC1.I. The lowest BCUT2D eigenvalue weighted by Gasteiger charge is -2.31. The van der Waals surface area contributed by atoms with Crippen LogP contribution < -0.4 is 11.1 Å². The number of H-pyrrole nitrogens is 1. The molecule has 7 nitrogen and oxygen atoms in total. The van der Waals surface area contributed by atoms with E-state index in [0.717, 1.165) is 29.3 Å². The molecule has 3 rings (SSSR count). The fourth-order valence-corrected chi connectivity index (χ4v) is 3.33. The number of ether oxygens (including phenoxy) is 1. The Balaban J connectivity index is 0.00000280. The number of carbonyl (C=O) groups excluding carboxylic acids is 1. The summed E-state index contributed by atoms with van der Waals surface area (Å²) in [5.41, 5.74) is 7.92. The molecule has 154 valence electrons. The van der Waals surface area contributed by atoms with E-state index in [4.69, 9.17) is 10.5 Å². The number of hydrogen-bond acceptors (Lipinski definition) is 3. The molecular formula is C19H27FIN5O2. The van der Waals surface area contributed by atoms with Crippen LogP contribution in [0, 0.1) is 5.82 Å². The first-order valence-electron chi connectivity index (χ1n) is 9.30. The number of aromatic amines is 1. The summed E-state index contributed by atoms with van der Waals surface area (Å²) in [5.74, 6) is 0.151. The zero-order valence-corrected chi connectivity index (χ0v) is 18.2. The number of aliphatic imine (C=N–C) groups is 1. The molecule has 1 saturated heterocycles. The quantitative estimate of drug-likeness (QED) is 0.332. The molecule has 0 aliphatic carbocycles. The van der Waals surface area contributed by atoms with Crippen molar-refractivity contribution in [1.82, 2.24) is 15.2 Å². The second-order valence-corrected chi connectivity index (χ2v) is 6.63. The summed E-state index contributed by atoms with van der Waals surface area (Å²) in [7, 11) is 0. The third kappa shape index (κ3) is 5.73. The van der Waals surface area contributed by atoms with Gasteiger partial charge in [0.1, 0.15) is 5.82 Å². The Kier molecular flexibility index (Phi) is 8.34. The molecule has 1 aliphatic heterocycles. The molecule has 0 spiro atoms. The van der Waals surface area contributed by atoms with Gasteiger partial charge >= 0.3 is 6.09 Å². The molecule has 0 saturated carbocycles. The van der Waals surface area contributed by atoms with E-state index in [1.807, 2.05) is 6.20 Å². The van der Waals surface area contributed by atoms with Gasteiger partial charge in [-0.25, -0.2) is 9.18 Å². The van der Waals surface area contributed by atoms with Crippen LogP contribution in [0.25, 0.3) is 10.9 Å². The highest BCUT2D eigenvalue weighted by atomic mass is 127. The van der Waals surface area contributed by atoms with Gasteiger partial charge in [-0.1, -0.05) is 0 Å². The number of fused-ring (bicyclic) bond motifs is 1. The van der Waals surface area contributed by atoms with Gasteiger partial charge in [0.2, 0.25) is 0 Å². The summed E-state index contributed by atoms with van der Waals surface area (Å²) in [6.07, 6.45) is 3.91. The van der Waals surface area contributed by atoms with Crippen LogP contribution in [0.15, 0.2) is 29.4 Å². The summed E-state index contributed by atoms with van der Waals surface area (Å²) in [6.45, 7) is 4.00. The van der Waals surface area contributed by atoms with Crippen molar-refractivity contribution >= 4 is 46.9 Å². The lowest BCUT2D eigenvalue weighted by Crippen LogP contribution is -2.48. The lowest BCUT2D eigenvalue weighted by atomic mass is 10.1. The Labute approximate surface area is 180 Å². The summed E-state index contributed by atoms with van der Waals surface area (Å²) in [6, 6.07) is 4.90. The highest BCUT2D eigenvalue weighted by Gasteiger charge is 2.23. The van der Waals surface area contributed by atoms with Gasteiger partial charge in [0.15, 0.2) is 5.96 Å². The zero-order valence-electron chi connectivity index (χ0n) is 15.9. The van der Waals surface area contributed by atoms with Gasteiger partial charge in [-0.3, -0.25) is 4.99 Å². The van der Waals surface area contributed by atoms with Crippen LogP contribution in [-0.2, 0) is 11.2 Å². The summed E-state index contributed by atoms with van der Waals surface area (Å²) in [4.78, 5) is 20.9. The fourth-order valence-electron chi connectivity index (χ4n) is 3.33. The normalized spacial score (nSPS) is 15.4. The highest BCUT2D eigenvalue weighted by molar-refractivity contribution is 14.0. The molecule has 0 atom stereocenters. The number of nitrogens with one attached hydrogen (secondary N) is 2. The molecule has 1 fully saturated rings. The predicted molar refractivity (Wildman–Crippen MR) is 119 cm³/mol. The number of nitrogens with two attached hydrogens (primary N) is 1. The van der Waals surface area contributed by atoms with Crippen molar-refractivity contribution < 1.29 is 13.9 Å². The number of carbonyl (C=O) groups is 1. The molecule has 28 heavy (non-hydrogen) atoms. The smallest absolute Gasteiger partial charge is 0.409 e. The summed E-state index contributed by atoms with van der Waals surface area (Å²) < 4.78 is 18.4. The van der Waals surface area contributed by atoms with Crippen molar-refractivity contribution in [3.63, 3.8) is 0 Å². The number of hydrogen-bond donors (Lipinski definition) is 3. The van der Waals surface area contributed by atoms with Gasteiger partial charge in [0.05, 0.1) is 6.61 Å². The number of benzene rings is 1. The van der Waals surface area contributed by atoms with E-state index in [-0.39, 0.29) is 41.9 Å². The van der Waals surface area contributed by atoms with Gasteiger partial charge in [0.25, 0.3) is 0 Å². The first-order valence-corrected chi connectivity index (χ1v) is 9.30. The average molecular weight is 503 g/mol. The molecule has 1 aromatic heterocycles. The summed E-state index contributed by atoms with van der Waals surface area (Å²) >= 11 is 0. The molecule has 1 amide bonds. The van der Waals surface area contributed by atoms with Crippen molar-refractivity contribution in [2.24, 2.45) is 10.7 Å². The number of guanidine groups is 1. The Morgan fingerprint density at radius 1 is 1.43 bits per heavy atom. The van der Waals surface area contributed by atoms with E-state index in [2.05, 4.69) is 15.3 Å². The van der Waals surface area contributed by atoms with E-state index >= 15 is 0 Å². The topological polar surface area (TPSA) is 95.7 Å². The maximum absolute atomic E-state index is 13.4. The Morgan fingerprint density at radius 3 is 2.89 bits per heavy atom. The van der Waals surface area contributed by atoms with E-state index in [1.54, 1.807) is 17.9 Å². The van der Waals surface area contributed by atoms with Crippen LogP contribution in [-0.4, -0.2) is 54.2 Å². The number of aromatic nitrogens is 1. The van der Waals surface area contributed by atoms with E-state index in [9.17, 15) is 9.18 Å². The molecule has 2 aromatic rings. The number of nitrogens with zero attached hydrogens (tertiary/aromatic N) is 2. The minimum Gasteiger partial charge on any atom is -0.450 e. The predicted octanol–water partition coefficient (Wildman–Crippen LogP) is 2.99. The molecule has 9 heteroatoms. The van der Waals surface area contributed by atoms with Crippen LogP contribution in [0.2, 0.25) is 0 Å². The minimum absolute atomic E-state index is 0. The molecule has 0 bridgehead atoms. The third-order valence-corrected chi connectivity index (χ3v) is 4.77. The molecule has 4 N–H and O–H groups in total. The van der Waals surface area contributed by atoms with Crippen molar-refractivity contribution in [2.45, 2.75) is 32.2 Å². The van der Waals surface area contributed by atoms with Crippen LogP contribution >= 0.6 is 24.0 Å². The van der Waals surface area contributed by atoms with Gasteiger partial charge in [-0.05, 0) is 49.9 Å². The van der Waals surface area contributed by atoms with Crippen molar-refractivity contribution in [3.8, 4) is 0 Å². The second kappa shape index (κ2) is 10.5. The minimum atomic E-state index is -0.257. The van der Waals surface area contributed by atoms with Crippen LogP contribution in [0.4, 0.5) is 9.18 Å². The van der Waals surface area contributed by atoms with Crippen molar-refractivity contribution in [2.75, 3.05) is 26.2 Å². The largest absolute Gasteiger partial charge is 0.450 e. The second-order valence-electron chi connectivity index (χ2n) is 6.63. The summed E-state index contributed by atoms with van der Waals surface area (Å²) in [5, 5.41) is 4.10. The van der Waals surface area contributed by atoms with Gasteiger partial charge in [0, 0.05) is 42.8 Å². The maximum atomic E-state index is 13.4. The number of amides is 1. The molecule has 2 heterocycles. The molecule has 0 radical (unpaired) electrons. The van der Waals surface area contributed by atoms with E-state index in [1.165, 1.54) is 12.1 Å². The number of halogens is 2. The molecular weight excluding hydrogens is 476 g/mol. The number of rotatable bonds is 5. The van der Waals surface area contributed by atoms with Gasteiger partial charge in [-0.2, -0.15) is 0 Å². The zero-order chi connectivity index (χ0) is 19.2. The Bertz CT molecular complexity index is 818. The van der Waals surface area contributed by atoms with Crippen molar-refractivity contribution in [1.29, 1.82) is 0 Å². The molecule has 1 aliphatic rings. The van der Waals surface area contributed by atoms with Crippen LogP contribution in [0.3, 0.4) is 0 Å². The van der Waals surface area contributed by atoms with Crippen molar-refractivity contribution in [3.05, 3.63) is 35.8 Å². The van der Waals surface area contributed by atoms with E-state index in [0.29, 0.717) is 38.6 Å². The Morgan fingerprint density at radius 2 is 2.18 bits per heavy atom. The first-order chi connectivity index (χ1) is 13.1. The van der Waals surface area contributed by atoms with Crippen LogP contribution in [0.1, 0.15) is 25.3 Å². The maximum Gasteiger partial charge on any atom is 0.409 e.